The molecule has 0 saturated heterocycles. The highest BCUT2D eigenvalue weighted by atomic mass is 16.3. The van der Waals surface area contributed by atoms with E-state index in [2.05, 4.69) is 23.7 Å². The molecule has 90 valence electrons. The van der Waals surface area contributed by atoms with Crippen LogP contribution in [0, 0.1) is 19.8 Å². The highest BCUT2D eigenvalue weighted by molar-refractivity contribution is 5.50. The Morgan fingerprint density at radius 3 is 2.50 bits per heavy atom. The number of hydrogen-bond donors (Lipinski definition) is 1. The molecule has 1 N–H and O–H groups in total. The quantitative estimate of drug-likeness (QED) is 0.849. The van der Waals surface area contributed by atoms with E-state index in [0.717, 1.165) is 29.2 Å². The number of pyridine rings is 1. The highest BCUT2D eigenvalue weighted by Gasteiger charge is 2.12. The second-order valence-electron chi connectivity index (χ2n) is 4.82. The van der Waals surface area contributed by atoms with Crippen LogP contribution in [0.2, 0.25) is 0 Å². The summed E-state index contributed by atoms with van der Waals surface area (Å²) in [6, 6.07) is 2.01. The lowest BCUT2D eigenvalue weighted by Crippen LogP contribution is -2.25. The molecule has 1 heterocycles. The van der Waals surface area contributed by atoms with Crippen molar-refractivity contribution in [2.45, 2.75) is 34.3 Å². The van der Waals surface area contributed by atoms with Crippen molar-refractivity contribution in [3.05, 3.63) is 22.9 Å². The van der Waals surface area contributed by atoms with E-state index in [9.17, 15) is 5.11 Å². The lowest BCUT2D eigenvalue weighted by atomic mass is 10.1. The van der Waals surface area contributed by atoms with Crippen molar-refractivity contribution >= 4 is 5.82 Å². The number of aryl methyl sites for hydroxylation is 2. The number of aromatic nitrogens is 1. The second-order valence-corrected chi connectivity index (χ2v) is 4.82. The zero-order valence-electron chi connectivity index (χ0n) is 10.9. The predicted molar refractivity (Wildman–Crippen MR) is 67.7 cm³/mol. The summed E-state index contributed by atoms with van der Waals surface area (Å²) in [5.41, 5.74) is 3.05. The number of hydrogen-bond acceptors (Lipinski definition) is 3. The Labute approximate surface area is 98.1 Å². The molecular formula is C13H22N2O. The molecule has 0 aliphatic heterocycles. The van der Waals surface area contributed by atoms with E-state index in [1.807, 2.05) is 27.0 Å². The molecule has 0 amide bonds. The first kappa shape index (κ1) is 13.0. The lowest BCUT2D eigenvalue weighted by Gasteiger charge is -2.24. The summed E-state index contributed by atoms with van der Waals surface area (Å²) in [7, 11) is 2.03. The van der Waals surface area contributed by atoms with Gasteiger partial charge in [-0.15, -0.1) is 0 Å². The van der Waals surface area contributed by atoms with E-state index >= 15 is 0 Å². The Morgan fingerprint density at radius 2 is 2.00 bits per heavy atom. The van der Waals surface area contributed by atoms with Crippen molar-refractivity contribution in [3.63, 3.8) is 0 Å². The number of aliphatic hydroxyl groups excluding tert-OH is 1. The van der Waals surface area contributed by atoms with Gasteiger partial charge in [-0.1, -0.05) is 13.8 Å². The van der Waals surface area contributed by atoms with Gasteiger partial charge in [-0.3, -0.25) is 0 Å². The van der Waals surface area contributed by atoms with Gasteiger partial charge in [0.05, 0.1) is 6.61 Å². The molecule has 1 rings (SSSR count). The molecule has 1 aromatic heterocycles. The van der Waals surface area contributed by atoms with Gasteiger partial charge < -0.3 is 10.0 Å². The van der Waals surface area contributed by atoms with E-state index in [-0.39, 0.29) is 6.61 Å². The van der Waals surface area contributed by atoms with Gasteiger partial charge in [0.25, 0.3) is 0 Å². The van der Waals surface area contributed by atoms with E-state index in [0.29, 0.717) is 5.92 Å². The summed E-state index contributed by atoms with van der Waals surface area (Å²) in [6.45, 7) is 9.36. The molecule has 0 spiro atoms. The Morgan fingerprint density at radius 1 is 1.38 bits per heavy atom. The Kier molecular flexibility index (Phi) is 4.30. The number of rotatable bonds is 4. The van der Waals surface area contributed by atoms with Gasteiger partial charge in [0.1, 0.15) is 5.82 Å². The molecular weight excluding hydrogens is 200 g/mol. The average Bonchev–Trinajstić information content (AvgIpc) is 2.15. The SMILES string of the molecule is Cc1cc(C)c(CO)c(N(C)CC(C)C)n1. The van der Waals surface area contributed by atoms with Crippen LogP contribution in [0.25, 0.3) is 0 Å². The molecule has 3 nitrogen and oxygen atoms in total. The zero-order valence-corrected chi connectivity index (χ0v) is 10.9. The standard InChI is InChI=1S/C13H22N2O/c1-9(2)7-15(5)13-12(8-16)10(3)6-11(4)14-13/h6,9,16H,7-8H2,1-5H3. The topological polar surface area (TPSA) is 36.4 Å². The van der Waals surface area contributed by atoms with Crippen LogP contribution in [0.15, 0.2) is 6.07 Å². The van der Waals surface area contributed by atoms with Crippen molar-refractivity contribution in [1.82, 2.24) is 4.98 Å². The summed E-state index contributed by atoms with van der Waals surface area (Å²) in [5, 5.41) is 9.41. The fourth-order valence-corrected chi connectivity index (χ4v) is 1.99. The molecule has 0 saturated carbocycles. The van der Waals surface area contributed by atoms with Gasteiger partial charge in [0.15, 0.2) is 0 Å². The minimum Gasteiger partial charge on any atom is -0.392 e. The summed E-state index contributed by atoms with van der Waals surface area (Å²) in [6.07, 6.45) is 0. The van der Waals surface area contributed by atoms with E-state index in [4.69, 9.17) is 0 Å². The van der Waals surface area contributed by atoms with Crippen molar-refractivity contribution in [2.75, 3.05) is 18.5 Å². The van der Waals surface area contributed by atoms with Crippen molar-refractivity contribution in [1.29, 1.82) is 0 Å². The van der Waals surface area contributed by atoms with Crippen LogP contribution in [0.1, 0.15) is 30.7 Å². The van der Waals surface area contributed by atoms with Gasteiger partial charge >= 0.3 is 0 Å². The smallest absolute Gasteiger partial charge is 0.134 e. The minimum absolute atomic E-state index is 0.0525. The van der Waals surface area contributed by atoms with Crippen LogP contribution in [-0.4, -0.2) is 23.7 Å². The van der Waals surface area contributed by atoms with Gasteiger partial charge in [-0.05, 0) is 31.4 Å². The second kappa shape index (κ2) is 5.30. The summed E-state index contributed by atoms with van der Waals surface area (Å²) >= 11 is 0. The summed E-state index contributed by atoms with van der Waals surface area (Å²) in [4.78, 5) is 6.64. The van der Waals surface area contributed by atoms with Gasteiger partial charge in [0.2, 0.25) is 0 Å². The molecule has 0 fully saturated rings. The van der Waals surface area contributed by atoms with E-state index < -0.39 is 0 Å². The van der Waals surface area contributed by atoms with Crippen LogP contribution in [0.3, 0.4) is 0 Å². The lowest BCUT2D eigenvalue weighted by molar-refractivity contribution is 0.280. The van der Waals surface area contributed by atoms with Crippen molar-refractivity contribution < 1.29 is 5.11 Å². The first-order valence-electron chi connectivity index (χ1n) is 5.74. The molecule has 0 bridgehead atoms. The first-order chi connectivity index (χ1) is 7.45. The monoisotopic (exact) mass is 222 g/mol. The van der Waals surface area contributed by atoms with Crippen LogP contribution in [0.4, 0.5) is 5.82 Å². The fourth-order valence-electron chi connectivity index (χ4n) is 1.99. The van der Waals surface area contributed by atoms with Crippen LogP contribution >= 0.6 is 0 Å². The maximum Gasteiger partial charge on any atom is 0.134 e. The average molecular weight is 222 g/mol. The van der Waals surface area contributed by atoms with Crippen molar-refractivity contribution in [2.24, 2.45) is 5.92 Å². The third kappa shape index (κ3) is 2.95. The van der Waals surface area contributed by atoms with Crippen molar-refractivity contribution in [3.8, 4) is 0 Å². The molecule has 0 atom stereocenters. The Balaban J connectivity index is 3.10. The third-order valence-corrected chi connectivity index (χ3v) is 2.61. The highest BCUT2D eigenvalue weighted by Crippen LogP contribution is 2.22. The molecule has 3 heteroatoms. The maximum absolute atomic E-state index is 9.41. The summed E-state index contributed by atoms with van der Waals surface area (Å²) < 4.78 is 0. The van der Waals surface area contributed by atoms with Crippen LogP contribution in [-0.2, 0) is 6.61 Å². The largest absolute Gasteiger partial charge is 0.392 e. The summed E-state index contributed by atoms with van der Waals surface area (Å²) in [5.74, 6) is 1.49. The molecule has 16 heavy (non-hydrogen) atoms. The number of anilines is 1. The molecule has 0 aromatic carbocycles. The first-order valence-corrected chi connectivity index (χ1v) is 5.74. The molecule has 0 aliphatic rings. The van der Waals surface area contributed by atoms with Gasteiger partial charge in [0, 0.05) is 24.8 Å². The number of nitrogens with zero attached hydrogens (tertiary/aromatic N) is 2. The third-order valence-electron chi connectivity index (χ3n) is 2.61. The fraction of sp³-hybridized carbons (Fsp3) is 0.615. The molecule has 0 aliphatic carbocycles. The van der Waals surface area contributed by atoms with Gasteiger partial charge in [-0.2, -0.15) is 0 Å². The predicted octanol–water partition coefficient (Wildman–Crippen LogP) is 2.28. The molecule has 1 aromatic rings. The van der Waals surface area contributed by atoms with Gasteiger partial charge in [-0.25, -0.2) is 4.98 Å². The Bertz CT molecular complexity index is 361. The van der Waals surface area contributed by atoms with Crippen LogP contribution in [0.5, 0.6) is 0 Å². The normalized spacial score (nSPS) is 10.9. The van der Waals surface area contributed by atoms with E-state index in [1.54, 1.807) is 0 Å². The van der Waals surface area contributed by atoms with Crippen LogP contribution < -0.4 is 4.90 Å². The number of aliphatic hydroxyl groups is 1. The Hall–Kier alpha value is -1.09. The minimum atomic E-state index is 0.0525. The zero-order chi connectivity index (χ0) is 12.3. The maximum atomic E-state index is 9.41. The van der Waals surface area contributed by atoms with E-state index in [1.165, 1.54) is 0 Å². The molecule has 0 radical (unpaired) electrons. The molecule has 0 unspecified atom stereocenters.